The Kier molecular flexibility index (Phi) is 5.55. The molecule has 3 fully saturated rings. The normalized spacial score (nSPS) is 52.4. The third-order valence-electron chi connectivity index (χ3n) is 7.77. The monoisotopic (exact) mass is 412 g/mol. The molecule has 2 aliphatic carbocycles. The molecule has 8 nitrogen and oxygen atoms in total. The molecule has 4 rings (SSSR count). The first-order valence-electron chi connectivity index (χ1n) is 10.5. The van der Waals surface area contributed by atoms with Crippen molar-refractivity contribution in [2.24, 2.45) is 23.2 Å². The summed E-state index contributed by atoms with van der Waals surface area (Å²) in [5.41, 5.74) is 0.848. The fourth-order valence-electron chi connectivity index (χ4n) is 5.91. The van der Waals surface area contributed by atoms with Gasteiger partial charge in [-0.25, -0.2) is 0 Å². The van der Waals surface area contributed by atoms with E-state index in [1.54, 1.807) is 0 Å². The second-order valence-corrected chi connectivity index (χ2v) is 9.38. The molecule has 164 valence electrons. The largest absolute Gasteiger partial charge is 0.461 e. The smallest absolute Gasteiger partial charge is 0.309 e. The number of hydrogen-bond acceptors (Lipinski definition) is 8. The second kappa shape index (κ2) is 7.59. The van der Waals surface area contributed by atoms with Crippen molar-refractivity contribution in [1.29, 1.82) is 0 Å². The summed E-state index contributed by atoms with van der Waals surface area (Å²) in [6, 6.07) is 0. The third kappa shape index (κ3) is 3.25. The van der Waals surface area contributed by atoms with Gasteiger partial charge in [0.15, 0.2) is 6.29 Å². The predicted octanol–water partition coefficient (Wildman–Crippen LogP) is 0.115. The maximum absolute atomic E-state index is 12.2. The topological polar surface area (TPSA) is 126 Å². The quantitative estimate of drug-likeness (QED) is 0.380. The lowest BCUT2D eigenvalue weighted by atomic mass is 9.55. The first-order valence-corrected chi connectivity index (χ1v) is 10.5. The molecule has 0 amide bonds. The van der Waals surface area contributed by atoms with E-state index in [0.717, 1.165) is 12.8 Å². The van der Waals surface area contributed by atoms with Crippen LogP contribution in [0.2, 0.25) is 0 Å². The highest BCUT2D eigenvalue weighted by Gasteiger charge is 2.59. The van der Waals surface area contributed by atoms with E-state index in [-0.39, 0.29) is 41.3 Å². The van der Waals surface area contributed by atoms with E-state index in [2.05, 4.69) is 19.9 Å². The summed E-state index contributed by atoms with van der Waals surface area (Å²) in [6.07, 6.45) is -2.61. The highest BCUT2D eigenvalue weighted by atomic mass is 16.7. The van der Waals surface area contributed by atoms with Gasteiger partial charge in [0.25, 0.3) is 0 Å². The molecular formula is C21H32O8. The fourth-order valence-corrected chi connectivity index (χ4v) is 5.91. The van der Waals surface area contributed by atoms with Crippen LogP contribution in [0.1, 0.15) is 40.0 Å². The number of aliphatic hydroxyl groups excluding tert-OH is 4. The van der Waals surface area contributed by atoms with Crippen LogP contribution in [0, 0.1) is 23.2 Å². The molecule has 2 aliphatic heterocycles. The first kappa shape index (κ1) is 21.2. The Hall–Kier alpha value is -1.03. The summed E-state index contributed by atoms with van der Waals surface area (Å²) in [4.78, 5) is 12.2. The standard InChI is InChI=1S/C21H32O8/c1-9-4-5-13(28-20-17(25)16(24)15(23)12(8-22)27-20)21(3)7-6-11-10(2)19(26)29-18(11)14(9)21/h4,10-18,20,22-25H,5-8H2,1-3H3. The van der Waals surface area contributed by atoms with Gasteiger partial charge >= 0.3 is 5.97 Å². The zero-order chi connectivity index (χ0) is 21.1. The van der Waals surface area contributed by atoms with Crippen molar-refractivity contribution >= 4 is 5.97 Å². The first-order chi connectivity index (χ1) is 13.7. The van der Waals surface area contributed by atoms with Gasteiger partial charge in [0.05, 0.1) is 18.6 Å². The van der Waals surface area contributed by atoms with Gasteiger partial charge in [-0.3, -0.25) is 4.79 Å². The molecule has 11 unspecified atom stereocenters. The van der Waals surface area contributed by atoms with Crippen LogP contribution in [0.3, 0.4) is 0 Å². The van der Waals surface area contributed by atoms with E-state index >= 15 is 0 Å². The molecule has 0 aromatic heterocycles. The number of aliphatic hydroxyl groups is 4. The minimum Gasteiger partial charge on any atom is -0.461 e. The van der Waals surface area contributed by atoms with Crippen LogP contribution in [0.25, 0.3) is 0 Å². The zero-order valence-corrected chi connectivity index (χ0v) is 17.1. The van der Waals surface area contributed by atoms with Crippen LogP contribution in [-0.4, -0.2) is 75.9 Å². The average molecular weight is 412 g/mol. The average Bonchev–Trinajstić information content (AvgIpc) is 2.97. The molecule has 4 aliphatic rings. The van der Waals surface area contributed by atoms with E-state index in [4.69, 9.17) is 14.2 Å². The Labute approximate surface area is 170 Å². The van der Waals surface area contributed by atoms with Gasteiger partial charge in [0.1, 0.15) is 30.5 Å². The van der Waals surface area contributed by atoms with Crippen LogP contribution in [0.15, 0.2) is 11.6 Å². The SMILES string of the molecule is CC1=CCC(OC2OC(CO)C(O)C(O)C2O)C2(C)CCC3C(C)C(=O)OC3C12. The maximum atomic E-state index is 12.2. The summed E-state index contributed by atoms with van der Waals surface area (Å²) in [5.74, 6) is -0.0492. The van der Waals surface area contributed by atoms with Crippen molar-refractivity contribution in [3.05, 3.63) is 11.6 Å². The minimum absolute atomic E-state index is 0.0128. The molecule has 2 heterocycles. The Balaban J connectivity index is 1.57. The van der Waals surface area contributed by atoms with Gasteiger partial charge in [-0.1, -0.05) is 25.5 Å². The maximum Gasteiger partial charge on any atom is 0.309 e. The van der Waals surface area contributed by atoms with Gasteiger partial charge in [0.2, 0.25) is 0 Å². The fraction of sp³-hybridized carbons (Fsp3) is 0.857. The lowest BCUT2D eigenvalue weighted by Gasteiger charge is -2.54. The number of esters is 1. The summed E-state index contributed by atoms with van der Waals surface area (Å²) < 4.78 is 17.5. The van der Waals surface area contributed by atoms with Gasteiger partial charge in [0, 0.05) is 17.3 Å². The molecule has 0 aromatic carbocycles. The molecule has 0 bridgehead atoms. The van der Waals surface area contributed by atoms with Crippen LogP contribution >= 0.6 is 0 Å². The van der Waals surface area contributed by atoms with E-state index in [1.165, 1.54) is 5.57 Å². The summed E-state index contributed by atoms with van der Waals surface area (Å²) in [5, 5.41) is 39.9. The minimum atomic E-state index is -1.47. The van der Waals surface area contributed by atoms with E-state index in [0.29, 0.717) is 6.42 Å². The predicted molar refractivity (Wildman–Crippen MR) is 100 cm³/mol. The molecule has 0 radical (unpaired) electrons. The van der Waals surface area contributed by atoms with Crippen molar-refractivity contribution in [3.8, 4) is 0 Å². The van der Waals surface area contributed by atoms with Crippen LogP contribution < -0.4 is 0 Å². The Morgan fingerprint density at radius 1 is 1.24 bits per heavy atom. The molecule has 4 N–H and O–H groups in total. The van der Waals surface area contributed by atoms with E-state index in [9.17, 15) is 25.2 Å². The van der Waals surface area contributed by atoms with E-state index in [1.807, 2.05) is 6.92 Å². The molecule has 29 heavy (non-hydrogen) atoms. The van der Waals surface area contributed by atoms with Crippen LogP contribution in [0.5, 0.6) is 0 Å². The lowest BCUT2D eigenvalue weighted by Crippen LogP contribution is -2.61. The van der Waals surface area contributed by atoms with Crippen LogP contribution in [-0.2, 0) is 19.0 Å². The van der Waals surface area contributed by atoms with Crippen molar-refractivity contribution in [3.63, 3.8) is 0 Å². The molecule has 1 saturated carbocycles. The number of hydrogen-bond donors (Lipinski definition) is 4. The second-order valence-electron chi connectivity index (χ2n) is 9.38. The molecule has 2 saturated heterocycles. The Morgan fingerprint density at radius 2 is 1.97 bits per heavy atom. The zero-order valence-electron chi connectivity index (χ0n) is 17.1. The summed E-state index contributed by atoms with van der Waals surface area (Å²) in [7, 11) is 0. The van der Waals surface area contributed by atoms with Crippen LogP contribution in [0.4, 0.5) is 0 Å². The number of rotatable bonds is 3. The molecular weight excluding hydrogens is 380 g/mol. The Bertz CT molecular complexity index is 678. The van der Waals surface area contributed by atoms with Crippen molar-refractivity contribution in [1.82, 2.24) is 0 Å². The van der Waals surface area contributed by atoms with E-state index < -0.39 is 37.3 Å². The number of carbonyl (C=O) groups excluding carboxylic acids is 1. The number of ether oxygens (including phenoxy) is 3. The molecule has 0 spiro atoms. The Morgan fingerprint density at radius 3 is 2.66 bits per heavy atom. The molecule has 11 atom stereocenters. The number of fused-ring (bicyclic) bond motifs is 3. The van der Waals surface area contributed by atoms with Gasteiger partial charge in [-0.15, -0.1) is 0 Å². The highest BCUT2D eigenvalue weighted by molar-refractivity contribution is 5.75. The van der Waals surface area contributed by atoms with Gasteiger partial charge in [-0.05, 0) is 26.2 Å². The van der Waals surface area contributed by atoms with Crippen molar-refractivity contribution in [2.45, 2.75) is 82.9 Å². The van der Waals surface area contributed by atoms with Crippen molar-refractivity contribution < 1.29 is 39.4 Å². The lowest BCUT2D eigenvalue weighted by molar-refractivity contribution is -0.323. The van der Waals surface area contributed by atoms with Gasteiger partial charge in [-0.2, -0.15) is 0 Å². The third-order valence-corrected chi connectivity index (χ3v) is 7.77. The van der Waals surface area contributed by atoms with Crippen molar-refractivity contribution in [2.75, 3.05) is 6.61 Å². The number of carbonyl (C=O) groups is 1. The highest BCUT2D eigenvalue weighted by Crippen LogP contribution is 2.57. The molecule has 0 aromatic rings. The summed E-state index contributed by atoms with van der Waals surface area (Å²) >= 11 is 0. The summed E-state index contributed by atoms with van der Waals surface area (Å²) in [6.45, 7) is 5.62. The van der Waals surface area contributed by atoms with Gasteiger partial charge < -0.3 is 34.6 Å². The molecule has 8 heteroatoms.